The maximum Gasteiger partial charge on any atom is 0.433 e. The first-order chi connectivity index (χ1) is 9.00. The van der Waals surface area contributed by atoms with Crippen molar-refractivity contribution in [3.8, 4) is 0 Å². The average Bonchev–Trinajstić information content (AvgIpc) is 2.87. The van der Waals surface area contributed by atoms with Gasteiger partial charge in [0.05, 0.1) is 6.07 Å². The molecule has 0 aliphatic carbocycles. The van der Waals surface area contributed by atoms with Crippen LogP contribution in [-0.2, 0) is 0 Å². The summed E-state index contributed by atoms with van der Waals surface area (Å²) in [7, 11) is 0. The molecule has 0 aromatic carbocycles. The minimum absolute atomic E-state index is 0.0203. The number of hydrogen-bond acceptors (Lipinski definition) is 5. The van der Waals surface area contributed by atoms with Gasteiger partial charge in [0, 0.05) is 13.1 Å². The third-order valence-electron chi connectivity index (χ3n) is 3.36. The standard InChI is InChI=1S/C12H17N3O4/c1-12(5-2-6-13-7-12)8-14-11(16)9-3-4-10(19-9)15(17)18/h3-4,13H,2,5-8H2,1H3,(H,14,16). The zero-order valence-electron chi connectivity index (χ0n) is 10.8. The summed E-state index contributed by atoms with van der Waals surface area (Å²) in [6.07, 6.45) is 2.12. The van der Waals surface area contributed by atoms with Crippen molar-refractivity contribution >= 4 is 11.8 Å². The molecule has 1 saturated heterocycles. The molecule has 7 nitrogen and oxygen atoms in total. The third-order valence-corrected chi connectivity index (χ3v) is 3.36. The van der Waals surface area contributed by atoms with Crippen molar-refractivity contribution in [1.29, 1.82) is 0 Å². The Balaban J connectivity index is 1.91. The fraction of sp³-hybridized carbons (Fsp3) is 0.583. The van der Waals surface area contributed by atoms with Crippen molar-refractivity contribution in [2.24, 2.45) is 5.41 Å². The number of hydrogen-bond donors (Lipinski definition) is 2. The van der Waals surface area contributed by atoms with Gasteiger partial charge in [-0.3, -0.25) is 14.9 Å². The number of nitro groups is 1. The number of nitrogens with one attached hydrogen (secondary N) is 2. The van der Waals surface area contributed by atoms with Gasteiger partial charge in [-0.25, -0.2) is 0 Å². The Morgan fingerprint density at radius 2 is 2.42 bits per heavy atom. The largest absolute Gasteiger partial charge is 0.433 e. The molecule has 2 heterocycles. The number of carbonyl (C=O) groups is 1. The molecule has 1 aromatic rings. The van der Waals surface area contributed by atoms with Crippen molar-refractivity contribution in [1.82, 2.24) is 10.6 Å². The molecule has 0 bridgehead atoms. The lowest BCUT2D eigenvalue weighted by atomic mass is 9.83. The number of piperidine rings is 1. The van der Waals surface area contributed by atoms with Gasteiger partial charge in [0.25, 0.3) is 5.91 Å². The summed E-state index contributed by atoms with van der Waals surface area (Å²) in [6.45, 7) is 4.48. The maximum atomic E-state index is 11.8. The zero-order valence-corrected chi connectivity index (χ0v) is 10.8. The highest BCUT2D eigenvalue weighted by Gasteiger charge is 2.28. The van der Waals surface area contributed by atoms with E-state index < -0.39 is 16.7 Å². The second kappa shape index (κ2) is 5.40. The van der Waals surface area contributed by atoms with E-state index in [9.17, 15) is 14.9 Å². The summed E-state index contributed by atoms with van der Waals surface area (Å²) in [5.41, 5.74) is 0.0203. The molecule has 2 N–H and O–H groups in total. The number of furan rings is 1. The summed E-state index contributed by atoms with van der Waals surface area (Å²) in [5, 5.41) is 16.5. The van der Waals surface area contributed by atoms with Crippen LogP contribution in [0.25, 0.3) is 0 Å². The minimum atomic E-state index is -0.664. The number of nitrogens with zero attached hydrogens (tertiary/aromatic N) is 1. The van der Waals surface area contributed by atoms with Crippen LogP contribution in [0.5, 0.6) is 0 Å². The normalized spacial score (nSPS) is 23.0. The van der Waals surface area contributed by atoms with E-state index in [2.05, 4.69) is 17.6 Å². The monoisotopic (exact) mass is 267 g/mol. The Labute approximate surface area is 110 Å². The molecule has 1 aromatic heterocycles. The van der Waals surface area contributed by atoms with Crippen LogP contribution in [0.4, 0.5) is 5.88 Å². The highest BCUT2D eigenvalue weighted by molar-refractivity contribution is 5.91. The van der Waals surface area contributed by atoms with Crippen LogP contribution in [0.15, 0.2) is 16.5 Å². The molecule has 7 heteroatoms. The Morgan fingerprint density at radius 1 is 1.63 bits per heavy atom. The van der Waals surface area contributed by atoms with Crippen molar-refractivity contribution in [2.45, 2.75) is 19.8 Å². The van der Waals surface area contributed by atoms with Crippen molar-refractivity contribution < 1.29 is 14.1 Å². The van der Waals surface area contributed by atoms with E-state index in [-0.39, 0.29) is 11.2 Å². The van der Waals surface area contributed by atoms with Crippen LogP contribution in [0.3, 0.4) is 0 Å². The Bertz CT molecular complexity index is 477. The van der Waals surface area contributed by atoms with Gasteiger partial charge in [-0.1, -0.05) is 6.92 Å². The second-order valence-corrected chi connectivity index (χ2v) is 5.17. The summed E-state index contributed by atoms with van der Waals surface area (Å²) in [5.74, 6) is -0.866. The fourth-order valence-corrected chi connectivity index (χ4v) is 2.20. The molecule has 19 heavy (non-hydrogen) atoms. The minimum Gasteiger partial charge on any atom is -0.395 e. The van der Waals surface area contributed by atoms with Gasteiger partial charge in [0.1, 0.15) is 4.92 Å². The van der Waals surface area contributed by atoms with E-state index >= 15 is 0 Å². The topological polar surface area (TPSA) is 97.4 Å². The highest BCUT2D eigenvalue weighted by Crippen LogP contribution is 2.24. The van der Waals surface area contributed by atoms with Crippen LogP contribution in [0, 0.1) is 15.5 Å². The molecule has 1 amide bonds. The zero-order chi connectivity index (χ0) is 13.9. The van der Waals surface area contributed by atoms with Gasteiger partial charge in [0.2, 0.25) is 0 Å². The average molecular weight is 267 g/mol. The smallest absolute Gasteiger partial charge is 0.395 e. The first-order valence-corrected chi connectivity index (χ1v) is 6.23. The van der Waals surface area contributed by atoms with Gasteiger partial charge >= 0.3 is 5.88 Å². The number of amides is 1. The van der Waals surface area contributed by atoms with Gasteiger partial charge in [-0.05, 0) is 30.9 Å². The van der Waals surface area contributed by atoms with E-state index in [0.717, 1.165) is 25.9 Å². The van der Waals surface area contributed by atoms with Crippen LogP contribution in [0.1, 0.15) is 30.3 Å². The van der Waals surface area contributed by atoms with Crippen molar-refractivity contribution in [3.63, 3.8) is 0 Å². The molecule has 0 spiro atoms. The van der Waals surface area contributed by atoms with Crippen LogP contribution < -0.4 is 10.6 Å². The van der Waals surface area contributed by atoms with Gasteiger partial charge in [-0.2, -0.15) is 0 Å². The van der Waals surface area contributed by atoms with E-state index in [4.69, 9.17) is 4.42 Å². The summed E-state index contributed by atoms with van der Waals surface area (Å²) in [6, 6.07) is 2.49. The molecule has 1 atom stereocenters. The van der Waals surface area contributed by atoms with Gasteiger partial charge < -0.3 is 15.1 Å². The fourth-order valence-electron chi connectivity index (χ4n) is 2.20. The first kappa shape index (κ1) is 13.5. The highest BCUT2D eigenvalue weighted by atomic mass is 16.6. The lowest BCUT2D eigenvalue weighted by Gasteiger charge is -2.34. The summed E-state index contributed by atoms with van der Waals surface area (Å²) in [4.78, 5) is 21.6. The molecule has 1 aliphatic rings. The van der Waals surface area contributed by atoms with Crippen LogP contribution in [-0.4, -0.2) is 30.5 Å². The lowest BCUT2D eigenvalue weighted by Crippen LogP contribution is -2.45. The quantitative estimate of drug-likeness (QED) is 0.633. The SMILES string of the molecule is CC1(CNC(=O)c2ccc([N+](=O)[O-])o2)CCCNC1. The number of carbonyl (C=O) groups excluding carboxylic acids is 1. The third kappa shape index (κ3) is 3.31. The molecule has 1 unspecified atom stereocenters. The number of rotatable bonds is 4. The molecule has 1 fully saturated rings. The lowest BCUT2D eigenvalue weighted by molar-refractivity contribution is -0.402. The second-order valence-electron chi connectivity index (χ2n) is 5.17. The molecule has 2 rings (SSSR count). The first-order valence-electron chi connectivity index (χ1n) is 6.23. The van der Waals surface area contributed by atoms with Crippen LogP contribution >= 0.6 is 0 Å². The van der Waals surface area contributed by atoms with E-state index in [1.54, 1.807) is 0 Å². The molecular formula is C12H17N3O4. The van der Waals surface area contributed by atoms with Crippen LogP contribution in [0.2, 0.25) is 0 Å². The van der Waals surface area contributed by atoms with E-state index in [0.29, 0.717) is 6.54 Å². The Hall–Kier alpha value is -1.89. The molecule has 1 aliphatic heterocycles. The molecule has 0 radical (unpaired) electrons. The Kier molecular flexibility index (Phi) is 3.84. The van der Waals surface area contributed by atoms with E-state index in [1.807, 2.05) is 0 Å². The summed E-state index contributed by atoms with van der Waals surface area (Å²) >= 11 is 0. The molecule has 104 valence electrons. The predicted molar refractivity (Wildman–Crippen MR) is 67.9 cm³/mol. The van der Waals surface area contributed by atoms with Gasteiger partial charge in [-0.15, -0.1) is 0 Å². The predicted octanol–water partition coefficient (Wildman–Crippen LogP) is 1.31. The molecular weight excluding hydrogens is 250 g/mol. The maximum absolute atomic E-state index is 11.8. The van der Waals surface area contributed by atoms with Crippen molar-refractivity contribution in [3.05, 3.63) is 28.0 Å². The van der Waals surface area contributed by atoms with E-state index in [1.165, 1.54) is 12.1 Å². The summed E-state index contributed by atoms with van der Waals surface area (Å²) < 4.78 is 4.85. The van der Waals surface area contributed by atoms with Crippen molar-refractivity contribution in [2.75, 3.05) is 19.6 Å². The molecule has 0 saturated carbocycles. The van der Waals surface area contributed by atoms with Gasteiger partial charge in [0.15, 0.2) is 5.76 Å². The Morgan fingerprint density at radius 3 is 3.00 bits per heavy atom.